The number of benzene rings is 1. The first-order valence-electron chi connectivity index (χ1n) is 10.3. The summed E-state index contributed by atoms with van der Waals surface area (Å²) in [6.45, 7) is 10.2. The molecule has 6 nitrogen and oxygen atoms in total. The number of nitrogens with zero attached hydrogens (tertiary/aromatic N) is 2. The van der Waals surface area contributed by atoms with E-state index in [2.05, 4.69) is 36.6 Å². The van der Waals surface area contributed by atoms with Crippen LogP contribution in [-0.2, 0) is 6.54 Å². The average Bonchev–Trinajstić information content (AvgIpc) is 2.68. The lowest BCUT2D eigenvalue weighted by atomic mass is 9.81. The zero-order valence-corrected chi connectivity index (χ0v) is 18.1. The second-order valence-electron chi connectivity index (χ2n) is 8.73. The molecule has 0 aliphatic carbocycles. The van der Waals surface area contributed by atoms with E-state index in [1.807, 2.05) is 19.2 Å². The number of rotatable bonds is 10. The summed E-state index contributed by atoms with van der Waals surface area (Å²) in [5.41, 5.74) is 1.22. The fourth-order valence-corrected chi connectivity index (χ4v) is 3.38. The first-order valence-corrected chi connectivity index (χ1v) is 10.3. The van der Waals surface area contributed by atoms with Crippen molar-refractivity contribution in [2.45, 2.75) is 52.3 Å². The van der Waals surface area contributed by atoms with E-state index < -0.39 is 6.10 Å². The summed E-state index contributed by atoms with van der Waals surface area (Å²) in [6, 6.07) is 6.38. The Morgan fingerprint density at radius 1 is 1.21 bits per heavy atom. The molecule has 0 radical (unpaired) electrons. The summed E-state index contributed by atoms with van der Waals surface area (Å²) in [5, 5.41) is 19.8. The minimum absolute atomic E-state index is 0.0595. The Bertz CT molecular complexity index is 600. The predicted molar refractivity (Wildman–Crippen MR) is 112 cm³/mol. The largest absolute Gasteiger partial charge is 0.493 e. The second kappa shape index (κ2) is 10.4. The zero-order valence-electron chi connectivity index (χ0n) is 18.1. The van der Waals surface area contributed by atoms with Crippen molar-refractivity contribution in [3.05, 3.63) is 23.8 Å². The molecule has 1 aromatic carbocycles. The van der Waals surface area contributed by atoms with Gasteiger partial charge in [-0.25, -0.2) is 0 Å². The SMILES string of the molecule is COc1ccc(CN2CCC(C)(CO)CC2)cc1OC[C@@H](O)CN(C)C(C)C. The molecule has 1 atom stereocenters. The van der Waals surface area contributed by atoms with Crippen LogP contribution in [0.3, 0.4) is 0 Å². The first-order chi connectivity index (χ1) is 13.3. The van der Waals surface area contributed by atoms with E-state index in [0.717, 1.165) is 38.0 Å². The van der Waals surface area contributed by atoms with Gasteiger partial charge in [-0.15, -0.1) is 0 Å². The van der Waals surface area contributed by atoms with Crippen LogP contribution in [0.4, 0.5) is 0 Å². The third-order valence-corrected chi connectivity index (χ3v) is 5.89. The van der Waals surface area contributed by atoms with Gasteiger partial charge in [-0.3, -0.25) is 4.90 Å². The molecule has 1 heterocycles. The Morgan fingerprint density at radius 2 is 1.89 bits per heavy atom. The fourth-order valence-electron chi connectivity index (χ4n) is 3.38. The van der Waals surface area contributed by atoms with Gasteiger partial charge in [0.25, 0.3) is 0 Å². The molecule has 2 N–H and O–H groups in total. The summed E-state index contributed by atoms with van der Waals surface area (Å²) in [7, 11) is 3.63. The van der Waals surface area contributed by atoms with Crippen molar-refractivity contribution in [2.24, 2.45) is 5.41 Å². The van der Waals surface area contributed by atoms with Crippen LogP contribution < -0.4 is 9.47 Å². The van der Waals surface area contributed by atoms with Gasteiger partial charge in [-0.05, 0) is 69.9 Å². The van der Waals surface area contributed by atoms with Gasteiger partial charge < -0.3 is 24.6 Å². The monoisotopic (exact) mass is 394 g/mol. The number of hydrogen-bond acceptors (Lipinski definition) is 6. The molecule has 28 heavy (non-hydrogen) atoms. The molecular formula is C22H38N2O4. The highest BCUT2D eigenvalue weighted by Gasteiger charge is 2.29. The van der Waals surface area contributed by atoms with E-state index in [9.17, 15) is 10.2 Å². The highest BCUT2D eigenvalue weighted by Crippen LogP contribution is 2.32. The summed E-state index contributed by atoms with van der Waals surface area (Å²) in [4.78, 5) is 4.51. The molecule has 0 saturated carbocycles. The van der Waals surface area contributed by atoms with Crippen molar-refractivity contribution < 1.29 is 19.7 Å². The fraction of sp³-hybridized carbons (Fsp3) is 0.727. The van der Waals surface area contributed by atoms with E-state index in [0.29, 0.717) is 24.1 Å². The van der Waals surface area contributed by atoms with E-state index >= 15 is 0 Å². The number of ether oxygens (including phenoxy) is 2. The van der Waals surface area contributed by atoms with Crippen molar-refractivity contribution in [3.63, 3.8) is 0 Å². The summed E-state index contributed by atoms with van der Waals surface area (Å²) < 4.78 is 11.3. The van der Waals surface area contributed by atoms with Crippen LogP contribution in [-0.4, -0.2) is 79.2 Å². The summed E-state index contributed by atoms with van der Waals surface area (Å²) in [6.07, 6.45) is 1.47. The lowest BCUT2D eigenvalue weighted by Gasteiger charge is -2.38. The predicted octanol–water partition coefficient (Wildman–Crippen LogP) is 2.37. The maximum absolute atomic E-state index is 10.3. The van der Waals surface area contributed by atoms with Crippen molar-refractivity contribution in [1.82, 2.24) is 9.80 Å². The Labute approximate surface area is 170 Å². The number of aliphatic hydroxyl groups excluding tert-OH is 2. The molecule has 0 spiro atoms. The standard InChI is InChI=1S/C22H38N2O4/c1-17(2)23(4)14-19(26)15-28-21-12-18(6-7-20(21)27-5)13-24-10-8-22(3,16-25)9-11-24/h6-7,12,17,19,25-26H,8-11,13-16H2,1-5H3/t19-/m0/s1. The lowest BCUT2D eigenvalue weighted by molar-refractivity contribution is 0.0555. The van der Waals surface area contributed by atoms with Gasteiger partial charge in [0.2, 0.25) is 0 Å². The molecular weight excluding hydrogens is 356 g/mol. The van der Waals surface area contributed by atoms with Gasteiger partial charge in [0.15, 0.2) is 11.5 Å². The van der Waals surface area contributed by atoms with Crippen LogP contribution >= 0.6 is 0 Å². The van der Waals surface area contributed by atoms with E-state index in [1.54, 1.807) is 7.11 Å². The molecule has 0 aromatic heterocycles. The summed E-state index contributed by atoms with van der Waals surface area (Å²) in [5.74, 6) is 1.35. The first kappa shape index (κ1) is 22.9. The van der Waals surface area contributed by atoms with E-state index in [1.165, 1.54) is 0 Å². The molecule has 2 rings (SSSR count). The molecule has 1 fully saturated rings. The van der Waals surface area contributed by atoms with Crippen LogP contribution in [0.15, 0.2) is 18.2 Å². The molecule has 1 aliphatic heterocycles. The van der Waals surface area contributed by atoms with Crippen LogP contribution in [0.5, 0.6) is 11.5 Å². The Kier molecular flexibility index (Phi) is 8.56. The molecule has 0 bridgehead atoms. The number of methoxy groups -OCH3 is 1. The topological polar surface area (TPSA) is 65.4 Å². The molecule has 6 heteroatoms. The number of hydrogen-bond donors (Lipinski definition) is 2. The Balaban J connectivity index is 1.94. The average molecular weight is 395 g/mol. The minimum Gasteiger partial charge on any atom is -0.493 e. The van der Waals surface area contributed by atoms with E-state index in [4.69, 9.17) is 9.47 Å². The Morgan fingerprint density at radius 3 is 2.46 bits per heavy atom. The normalized spacial score (nSPS) is 18.5. The van der Waals surface area contributed by atoms with Crippen molar-refractivity contribution in [2.75, 3.05) is 47.0 Å². The number of likely N-dealkylation sites (N-methyl/N-ethyl adjacent to an activating group) is 1. The number of aliphatic hydroxyl groups is 2. The van der Waals surface area contributed by atoms with Crippen LogP contribution in [0, 0.1) is 5.41 Å². The third-order valence-electron chi connectivity index (χ3n) is 5.89. The highest BCUT2D eigenvalue weighted by molar-refractivity contribution is 5.43. The lowest BCUT2D eigenvalue weighted by Crippen LogP contribution is -2.39. The number of likely N-dealkylation sites (tertiary alicyclic amines) is 1. The quantitative estimate of drug-likeness (QED) is 0.635. The van der Waals surface area contributed by atoms with Crippen molar-refractivity contribution in [3.8, 4) is 11.5 Å². The van der Waals surface area contributed by atoms with Gasteiger partial charge in [-0.1, -0.05) is 13.0 Å². The highest BCUT2D eigenvalue weighted by atomic mass is 16.5. The Hall–Kier alpha value is -1.34. The molecule has 1 aromatic rings. The van der Waals surface area contributed by atoms with Crippen molar-refractivity contribution >= 4 is 0 Å². The van der Waals surface area contributed by atoms with Crippen LogP contribution in [0.2, 0.25) is 0 Å². The van der Waals surface area contributed by atoms with Crippen molar-refractivity contribution in [1.29, 1.82) is 0 Å². The summed E-state index contributed by atoms with van der Waals surface area (Å²) >= 11 is 0. The third kappa shape index (κ3) is 6.62. The minimum atomic E-state index is -0.556. The van der Waals surface area contributed by atoms with Gasteiger partial charge in [0, 0.05) is 25.7 Å². The molecule has 1 saturated heterocycles. The zero-order chi connectivity index (χ0) is 20.7. The van der Waals surface area contributed by atoms with Gasteiger partial charge >= 0.3 is 0 Å². The molecule has 1 aliphatic rings. The van der Waals surface area contributed by atoms with Gasteiger partial charge in [-0.2, -0.15) is 0 Å². The molecule has 0 amide bonds. The van der Waals surface area contributed by atoms with Gasteiger partial charge in [0.05, 0.1) is 7.11 Å². The maximum atomic E-state index is 10.3. The molecule has 0 unspecified atom stereocenters. The van der Waals surface area contributed by atoms with Crippen LogP contribution in [0.1, 0.15) is 39.2 Å². The van der Waals surface area contributed by atoms with Crippen LogP contribution in [0.25, 0.3) is 0 Å². The molecule has 160 valence electrons. The smallest absolute Gasteiger partial charge is 0.161 e. The maximum Gasteiger partial charge on any atom is 0.161 e. The second-order valence-corrected chi connectivity index (χ2v) is 8.73. The van der Waals surface area contributed by atoms with Gasteiger partial charge in [0.1, 0.15) is 12.7 Å². The van der Waals surface area contributed by atoms with E-state index in [-0.39, 0.29) is 18.6 Å². The number of piperidine rings is 1.